The number of amidine groups is 1. The van der Waals surface area contributed by atoms with Gasteiger partial charge in [0.1, 0.15) is 0 Å². The summed E-state index contributed by atoms with van der Waals surface area (Å²) in [5.41, 5.74) is 1.59. The number of rotatable bonds is 4. The van der Waals surface area contributed by atoms with Crippen LogP contribution < -0.4 is 9.62 Å². The van der Waals surface area contributed by atoms with Gasteiger partial charge >= 0.3 is 0 Å². The first-order valence-electron chi connectivity index (χ1n) is 7.23. The first kappa shape index (κ1) is 15.8. The van der Waals surface area contributed by atoms with Gasteiger partial charge in [0.05, 0.1) is 11.1 Å². The third kappa shape index (κ3) is 3.75. The molecule has 1 aromatic rings. The Bertz CT molecular complexity index is 602. The molecule has 0 bridgehead atoms. The minimum atomic E-state index is -3.25. The third-order valence-corrected chi connectivity index (χ3v) is 5.93. The van der Waals surface area contributed by atoms with E-state index in [2.05, 4.69) is 9.71 Å². The van der Waals surface area contributed by atoms with Crippen molar-refractivity contribution in [1.82, 2.24) is 0 Å². The Labute approximate surface area is 127 Å². The molecule has 2 rings (SSSR count). The van der Waals surface area contributed by atoms with Gasteiger partial charge in [-0.25, -0.2) is 8.42 Å². The summed E-state index contributed by atoms with van der Waals surface area (Å²) in [6.07, 6.45) is 3.54. The smallest absolute Gasteiger partial charge is 0.235 e. The zero-order chi connectivity index (χ0) is 15.5. The second kappa shape index (κ2) is 6.47. The van der Waals surface area contributed by atoms with Gasteiger partial charge in [0.25, 0.3) is 0 Å². The van der Waals surface area contributed by atoms with Crippen LogP contribution in [-0.2, 0) is 10.0 Å². The number of hydrogen-bond acceptors (Lipinski definition) is 3. The molecule has 1 aliphatic rings. The van der Waals surface area contributed by atoms with E-state index in [1.165, 1.54) is 0 Å². The summed E-state index contributed by atoms with van der Waals surface area (Å²) in [5.74, 6) is 0.897. The molecule has 1 aromatic carbocycles. The highest BCUT2D eigenvalue weighted by molar-refractivity contribution is 7.93. The van der Waals surface area contributed by atoms with Crippen LogP contribution in [0.1, 0.15) is 32.6 Å². The van der Waals surface area contributed by atoms with Crippen LogP contribution in [0.15, 0.2) is 29.3 Å². The number of anilines is 2. The molecule has 6 heteroatoms. The molecular formula is C15H23N3O2S. The fourth-order valence-corrected chi connectivity index (χ4v) is 4.12. The molecule has 0 amide bonds. The molecule has 5 nitrogen and oxygen atoms in total. The van der Waals surface area contributed by atoms with E-state index >= 15 is 0 Å². The summed E-state index contributed by atoms with van der Waals surface area (Å²) in [6.45, 7) is 1.93. The molecule has 1 aliphatic carbocycles. The summed E-state index contributed by atoms with van der Waals surface area (Å²) < 4.78 is 27.2. The van der Waals surface area contributed by atoms with Gasteiger partial charge in [0.2, 0.25) is 10.0 Å². The lowest BCUT2D eigenvalue weighted by molar-refractivity contribution is 0.585. The summed E-state index contributed by atoms with van der Waals surface area (Å²) in [6, 6.07) is 7.37. The van der Waals surface area contributed by atoms with Gasteiger partial charge in [-0.3, -0.25) is 9.71 Å². The fourth-order valence-electron chi connectivity index (χ4n) is 2.54. The van der Waals surface area contributed by atoms with Gasteiger partial charge in [-0.05, 0) is 44.0 Å². The highest BCUT2D eigenvalue weighted by atomic mass is 32.2. The number of hydrogen-bond donors (Lipinski definition) is 1. The fraction of sp³-hybridized carbons (Fsp3) is 0.533. The molecule has 0 unspecified atom stereocenters. The number of sulfonamides is 1. The Balaban J connectivity index is 2.09. The van der Waals surface area contributed by atoms with E-state index in [1.54, 1.807) is 19.2 Å². The highest BCUT2D eigenvalue weighted by Crippen LogP contribution is 2.26. The highest BCUT2D eigenvalue weighted by Gasteiger charge is 2.28. The quantitative estimate of drug-likeness (QED) is 0.687. The van der Waals surface area contributed by atoms with E-state index in [4.69, 9.17) is 0 Å². The standard InChI is InChI=1S/C15H23N3O2S/c1-12(16-2)18(3)14-10-8-13(9-11-14)17-21(19,20)15-6-4-5-7-15/h8-11,15,17H,4-7H2,1-3H3. The summed E-state index contributed by atoms with van der Waals surface area (Å²) in [4.78, 5) is 6.08. The minimum absolute atomic E-state index is 0.241. The van der Waals surface area contributed by atoms with Gasteiger partial charge in [-0.15, -0.1) is 0 Å². The minimum Gasteiger partial charge on any atom is -0.334 e. The average molecular weight is 309 g/mol. The predicted octanol–water partition coefficient (Wildman–Crippen LogP) is 2.86. The largest absolute Gasteiger partial charge is 0.334 e. The molecule has 0 atom stereocenters. The van der Waals surface area contributed by atoms with Crippen molar-refractivity contribution in [1.29, 1.82) is 0 Å². The summed E-state index contributed by atoms with van der Waals surface area (Å²) >= 11 is 0. The lowest BCUT2D eigenvalue weighted by Crippen LogP contribution is -2.25. The van der Waals surface area contributed by atoms with Crippen molar-refractivity contribution in [3.8, 4) is 0 Å². The average Bonchev–Trinajstić information content (AvgIpc) is 3.01. The molecule has 0 aliphatic heterocycles. The number of benzene rings is 1. The van der Waals surface area contributed by atoms with Gasteiger partial charge in [0, 0.05) is 25.5 Å². The normalized spacial score (nSPS) is 17.0. The molecule has 0 radical (unpaired) electrons. The van der Waals surface area contributed by atoms with E-state index in [-0.39, 0.29) is 5.25 Å². The molecule has 1 fully saturated rings. The van der Waals surface area contributed by atoms with Gasteiger partial charge < -0.3 is 4.90 Å². The lowest BCUT2D eigenvalue weighted by Gasteiger charge is -2.19. The third-order valence-electron chi connectivity index (χ3n) is 4.06. The van der Waals surface area contributed by atoms with E-state index in [1.807, 2.05) is 31.0 Å². The molecule has 21 heavy (non-hydrogen) atoms. The van der Waals surface area contributed by atoms with E-state index in [9.17, 15) is 8.42 Å². The molecule has 1 N–H and O–H groups in total. The van der Waals surface area contributed by atoms with Crippen molar-refractivity contribution in [2.24, 2.45) is 4.99 Å². The van der Waals surface area contributed by atoms with Gasteiger partial charge in [-0.1, -0.05) is 12.8 Å². The molecule has 1 saturated carbocycles. The topological polar surface area (TPSA) is 61.8 Å². The Kier molecular flexibility index (Phi) is 4.88. The molecule has 0 aromatic heterocycles. The van der Waals surface area contributed by atoms with E-state index in [0.717, 1.165) is 37.2 Å². The number of nitrogens with zero attached hydrogens (tertiary/aromatic N) is 2. The van der Waals surface area contributed by atoms with Crippen molar-refractivity contribution >= 4 is 27.2 Å². The molecule has 0 spiro atoms. The zero-order valence-electron chi connectivity index (χ0n) is 12.8. The molecular weight excluding hydrogens is 286 g/mol. The predicted molar refractivity (Wildman–Crippen MR) is 88.7 cm³/mol. The van der Waals surface area contributed by atoms with Crippen LogP contribution in [0, 0.1) is 0 Å². The Morgan fingerprint density at radius 3 is 2.33 bits per heavy atom. The summed E-state index contributed by atoms with van der Waals surface area (Å²) in [7, 11) is 0.422. The van der Waals surface area contributed by atoms with Gasteiger partial charge in [0.15, 0.2) is 0 Å². The monoisotopic (exact) mass is 309 g/mol. The second-order valence-corrected chi connectivity index (χ2v) is 7.39. The van der Waals surface area contributed by atoms with E-state index < -0.39 is 10.0 Å². The van der Waals surface area contributed by atoms with Crippen molar-refractivity contribution in [2.75, 3.05) is 23.7 Å². The first-order valence-corrected chi connectivity index (χ1v) is 8.77. The SMILES string of the molecule is CN=C(C)N(C)c1ccc(NS(=O)(=O)C2CCCC2)cc1. The van der Waals surface area contributed by atoms with Crippen molar-refractivity contribution in [2.45, 2.75) is 37.9 Å². The van der Waals surface area contributed by atoms with Crippen molar-refractivity contribution in [3.63, 3.8) is 0 Å². The first-order chi connectivity index (χ1) is 9.94. The van der Waals surface area contributed by atoms with Crippen LogP contribution >= 0.6 is 0 Å². The van der Waals surface area contributed by atoms with Crippen molar-refractivity contribution < 1.29 is 8.42 Å². The van der Waals surface area contributed by atoms with Crippen LogP contribution in [0.25, 0.3) is 0 Å². The van der Waals surface area contributed by atoms with E-state index in [0.29, 0.717) is 5.69 Å². The van der Waals surface area contributed by atoms with Crippen LogP contribution in [-0.4, -0.2) is 33.6 Å². The maximum atomic E-state index is 12.2. The van der Waals surface area contributed by atoms with Crippen LogP contribution in [0.4, 0.5) is 11.4 Å². The number of nitrogens with one attached hydrogen (secondary N) is 1. The van der Waals surface area contributed by atoms with Crippen LogP contribution in [0.3, 0.4) is 0 Å². The Hall–Kier alpha value is -1.56. The molecule has 116 valence electrons. The van der Waals surface area contributed by atoms with Crippen LogP contribution in [0.2, 0.25) is 0 Å². The maximum Gasteiger partial charge on any atom is 0.235 e. The van der Waals surface area contributed by atoms with Crippen molar-refractivity contribution in [3.05, 3.63) is 24.3 Å². The molecule has 0 saturated heterocycles. The Morgan fingerprint density at radius 1 is 1.24 bits per heavy atom. The molecule has 0 heterocycles. The summed E-state index contributed by atoms with van der Waals surface area (Å²) in [5, 5.41) is -0.241. The Morgan fingerprint density at radius 2 is 1.81 bits per heavy atom. The van der Waals surface area contributed by atoms with Gasteiger partial charge in [-0.2, -0.15) is 0 Å². The zero-order valence-corrected chi connectivity index (χ0v) is 13.7. The number of aliphatic imine (C=N–C) groups is 1. The maximum absolute atomic E-state index is 12.2. The van der Waals surface area contributed by atoms with Crippen LogP contribution in [0.5, 0.6) is 0 Å². The second-order valence-electron chi connectivity index (χ2n) is 5.43. The lowest BCUT2D eigenvalue weighted by atomic mass is 10.2.